The number of nitrogens with zero attached hydrogens (tertiary/aromatic N) is 2. The van der Waals surface area contributed by atoms with E-state index in [4.69, 9.17) is 11.6 Å². The molecule has 1 aromatic rings. The predicted molar refractivity (Wildman–Crippen MR) is 93.1 cm³/mol. The molecule has 2 N–H and O–H groups in total. The smallest absolute Gasteiger partial charge is 0.237 e. The number of nitrogens with one attached hydrogen (secondary N) is 2. The highest BCUT2D eigenvalue weighted by molar-refractivity contribution is 6.31. The SMILES string of the molecule is CCN1CCNC(=O)C1CC(=O)Nc1cc(Cl)ccc1N(C)C. The van der Waals surface area contributed by atoms with Crippen molar-refractivity contribution in [2.75, 3.05) is 43.9 Å². The number of benzene rings is 1. The number of likely N-dealkylation sites (N-methyl/N-ethyl adjacent to an activating group) is 1. The van der Waals surface area contributed by atoms with E-state index >= 15 is 0 Å². The number of halogens is 1. The molecule has 0 bridgehead atoms. The Morgan fingerprint density at radius 3 is 2.87 bits per heavy atom. The summed E-state index contributed by atoms with van der Waals surface area (Å²) in [6.07, 6.45) is 0.124. The minimum Gasteiger partial charge on any atom is -0.376 e. The number of piperazine rings is 1. The summed E-state index contributed by atoms with van der Waals surface area (Å²) in [4.78, 5) is 28.3. The van der Waals surface area contributed by atoms with Crippen LogP contribution in [0.2, 0.25) is 5.02 Å². The maximum Gasteiger partial charge on any atom is 0.237 e. The molecule has 1 aromatic carbocycles. The van der Waals surface area contributed by atoms with Crippen LogP contribution in [0.3, 0.4) is 0 Å². The summed E-state index contributed by atoms with van der Waals surface area (Å²) in [6.45, 7) is 4.13. The van der Waals surface area contributed by atoms with Crippen molar-refractivity contribution in [2.45, 2.75) is 19.4 Å². The molecule has 1 fully saturated rings. The fraction of sp³-hybridized carbons (Fsp3) is 0.500. The average molecular weight is 339 g/mol. The lowest BCUT2D eigenvalue weighted by Gasteiger charge is -2.33. The van der Waals surface area contributed by atoms with Crippen LogP contribution < -0.4 is 15.5 Å². The van der Waals surface area contributed by atoms with E-state index in [1.54, 1.807) is 12.1 Å². The second kappa shape index (κ2) is 7.66. The van der Waals surface area contributed by atoms with Crippen LogP contribution in [-0.2, 0) is 9.59 Å². The fourth-order valence-electron chi connectivity index (χ4n) is 2.74. The molecular formula is C16H23ClN4O2. The van der Waals surface area contributed by atoms with Gasteiger partial charge in [-0.25, -0.2) is 0 Å². The zero-order valence-electron chi connectivity index (χ0n) is 13.7. The van der Waals surface area contributed by atoms with E-state index in [-0.39, 0.29) is 18.2 Å². The fourth-order valence-corrected chi connectivity index (χ4v) is 2.91. The van der Waals surface area contributed by atoms with Gasteiger partial charge in [-0.3, -0.25) is 14.5 Å². The lowest BCUT2D eigenvalue weighted by molar-refractivity contribution is -0.132. The van der Waals surface area contributed by atoms with Gasteiger partial charge in [0.2, 0.25) is 11.8 Å². The van der Waals surface area contributed by atoms with Gasteiger partial charge in [-0.15, -0.1) is 0 Å². The Morgan fingerprint density at radius 2 is 2.22 bits per heavy atom. The molecule has 2 rings (SSSR count). The van der Waals surface area contributed by atoms with Gasteiger partial charge in [0.1, 0.15) is 0 Å². The third-order valence-electron chi connectivity index (χ3n) is 3.94. The van der Waals surface area contributed by atoms with Crippen molar-refractivity contribution >= 4 is 34.8 Å². The maximum absolute atomic E-state index is 12.4. The standard InChI is InChI=1S/C16H23ClN4O2/c1-4-21-8-7-18-16(23)14(21)10-15(22)19-12-9-11(17)5-6-13(12)20(2)3/h5-6,9,14H,4,7-8,10H2,1-3H3,(H,18,23)(H,19,22). The molecule has 7 heteroatoms. The first-order valence-electron chi connectivity index (χ1n) is 7.71. The summed E-state index contributed by atoms with van der Waals surface area (Å²) >= 11 is 6.02. The second-order valence-electron chi connectivity index (χ2n) is 5.74. The van der Waals surface area contributed by atoms with Crippen LogP contribution in [0.15, 0.2) is 18.2 Å². The molecule has 1 aliphatic rings. The lowest BCUT2D eigenvalue weighted by atomic mass is 10.1. The first-order valence-corrected chi connectivity index (χ1v) is 8.08. The van der Waals surface area contributed by atoms with Crippen LogP contribution in [0.4, 0.5) is 11.4 Å². The van der Waals surface area contributed by atoms with Crippen molar-refractivity contribution in [2.24, 2.45) is 0 Å². The Balaban J connectivity index is 2.10. The summed E-state index contributed by atoms with van der Waals surface area (Å²) in [5.74, 6) is -0.289. The minimum atomic E-state index is -0.421. The molecule has 1 aliphatic heterocycles. The monoisotopic (exact) mass is 338 g/mol. The van der Waals surface area contributed by atoms with Crippen LogP contribution in [0, 0.1) is 0 Å². The van der Waals surface area contributed by atoms with Crippen molar-refractivity contribution in [1.29, 1.82) is 0 Å². The Morgan fingerprint density at radius 1 is 1.48 bits per heavy atom. The van der Waals surface area contributed by atoms with Gasteiger partial charge in [0.05, 0.1) is 23.8 Å². The number of amides is 2. The quantitative estimate of drug-likeness (QED) is 0.855. The highest BCUT2D eigenvalue weighted by atomic mass is 35.5. The van der Waals surface area contributed by atoms with Gasteiger partial charge < -0.3 is 15.5 Å². The van der Waals surface area contributed by atoms with E-state index in [9.17, 15) is 9.59 Å². The van der Waals surface area contributed by atoms with Crippen molar-refractivity contribution in [3.8, 4) is 0 Å². The molecule has 0 aliphatic carbocycles. The van der Waals surface area contributed by atoms with Gasteiger partial charge in [-0.2, -0.15) is 0 Å². The number of rotatable bonds is 5. The first kappa shape index (κ1) is 17.6. The molecule has 1 unspecified atom stereocenters. The Bertz CT molecular complexity index is 591. The van der Waals surface area contributed by atoms with Crippen LogP contribution in [0.1, 0.15) is 13.3 Å². The van der Waals surface area contributed by atoms with Crippen LogP contribution in [-0.4, -0.2) is 56.5 Å². The number of carbonyl (C=O) groups excluding carboxylic acids is 2. The lowest BCUT2D eigenvalue weighted by Crippen LogP contribution is -2.56. The number of anilines is 2. The topological polar surface area (TPSA) is 64.7 Å². The molecule has 126 valence electrons. The molecule has 1 heterocycles. The van der Waals surface area contributed by atoms with E-state index in [2.05, 4.69) is 10.6 Å². The Hall–Kier alpha value is -1.79. The van der Waals surface area contributed by atoms with Gasteiger partial charge in [0.25, 0.3) is 0 Å². The number of hydrogen-bond donors (Lipinski definition) is 2. The molecule has 2 amide bonds. The first-order chi connectivity index (χ1) is 10.9. The van der Waals surface area contributed by atoms with Crippen molar-refractivity contribution in [1.82, 2.24) is 10.2 Å². The molecule has 0 saturated carbocycles. The van der Waals surface area contributed by atoms with E-state index in [0.717, 1.165) is 18.8 Å². The molecule has 1 saturated heterocycles. The van der Waals surface area contributed by atoms with Gasteiger partial charge in [-0.05, 0) is 24.7 Å². The number of carbonyl (C=O) groups is 2. The van der Waals surface area contributed by atoms with Crippen LogP contribution in [0.5, 0.6) is 0 Å². The normalized spacial score (nSPS) is 18.4. The molecule has 6 nitrogen and oxygen atoms in total. The van der Waals surface area contributed by atoms with Gasteiger partial charge in [0.15, 0.2) is 0 Å². The van der Waals surface area contributed by atoms with Crippen molar-refractivity contribution in [3.63, 3.8) is 0 Å². The third kappa shape index (κ3) is 4.36. The molecule has 0 radical (unpaired) electrons. The average Bonchev–Trinajstić information content (AvgIpc) is 2.49. The maximum atomic E-state index is 12.4. The van der Waals surface area contributed by atoms with Crippen molar-refractivity contribution < 1.29 is 9.59 Å². The predicted octanol–water partition coefficient (Wildman–Crippen LogP) is 1.55. The second-order valence-corrected chi connectivity index (χ2v) is 6.18. The Kier molecular flexibility index (Phi) is 5.85. The van der Waals surface area contributed by atoms with E-state index < -0.39 is 6.04 Å². The summed E-state index contributed by atoms with van der Waals surface area (Å²) in [6, 6.07) is 4.92. The van der Waals surface area contributed by atoms with Crippen LogP contribution >= 0.6 is 11.6 Å². The summed E-state index contributed by atoms with van der Waals surface area (Å²) in [5.41, 5.74) is 1.51. The highest BCUT2D eigenvalue weighted by Gasteiger charge is 2.30. The highest BCUT2D eigenvalue weighted by Crippen LogP contribution is 2.28. The third-order valence-corrected chi connectivity index (χ3v) is 4.18. The molecule has 1 atom stereocenters. The van der Waals surface area contributed by atoms with E-state index in [1.807, 2.05) is 36.9 Å². The summed E-state index contributed by atoms with van der Waals surface area (Å²) in [7, 11) is 3.79. The van der Waals surface area contributed by atoms with Crippen molar-refractivity contribution in [3.05, 3.63) is 23.2 Å². The molecular weight excluding hydrogens is 316 g/mol. The molecule has 23 heavy (non-hydrogen) atoms. The van der Waals surface area contributed by atoms with Gasteiger partial charge in [0, 0.05) is 32.2 Å². The number of hydrogen-bond acceptors (Lipinski definition) is 4. The van der Waals surface area contributed by atoms with Gasteiger partial charge in [-0.1, -0.05) is 18.5 Å². The van der Waals surface area contributed by atoms with Gasteiger partial charge >= 0.3 is 0 Å². The molecule has 0 spiro atoms. The Labute approximate surface area is 141 Å². The summed E-state index contributed by atoms with van der Waals surface area (Å²) < 4.78 is 0. The minimum absolute atomic E-state index is 0.0906. The largest absolute Gasteiger partial charge is 0.376 e. The zero-order valence-corrected chi connectivity index (χ0v) is 14.5. The molecule has 0 aromatic heterocycles. The van der Waals surface area contributed by atoms with Crippen LogP contribution in [0.25, 0.3) is 0 Å². The summed E-state index contributed by atoms with van der Waals surface area (Å²) in [5, 5.41) is 6.24. The zero-order chi connectivity index (χ0) is 17.0. The van der Waals surface area contributed by atoms with E-state index in [0.29, 0.717) is 17.3 Å². The van der Waals surface area contributed by atoms with E-state index in [1.165, 1.54) is 0 Å².